The average Bonchev–Trinajstić information content (AvgIpc) is 3.23. The lowest BCUT2D eigenvalue weighted by Crippen LogP contribution is -2.61. The van der Waals surface area contributed by atoms with E-state index in [1.807, 2.05) is 0 Å². The lowest BCUT2D eigenvalue weighted by molar-refractivity contribution is -0.233. The molecule has 0 radical (unpaired) electrons. The van der Waals surface area contributed by atoms with Gasteiger partial charge in [0.25, 0.3) is 0 Å². The fourth-order valence-corrected chi connectivity index (χ4v) is 8.89. The van der Waals surface area contributed by atoms with E-state index in [1.54, 1.807) is 0 Å². The largest absolute Gasteiger partial charge is 0.394 e. The van der Waals surface area contributed by atoms with E-state index in [2.05, 4.69) is 19.2 Å². The lowest BCUT2D eigenvalue weighted by Gasteiger charge is -2.42. The zero-order valence-corrected chi connectivity index (χ0v) is 38.7. The van der Waals surface area contributed by atoms with Crippen LogP contribution in [0.4, 0.5) is 0 Å². The van der Waals surface area contributed by atoms with Gasteiger partial charge in [-0.3, -0.25) is 4.79 Å². The van der Waals surface area contributed by atoms with Gasteiger partial charge in [0.05, 0.1) is 24.9 Å². The maximum Gasteiger partial charge on any atom is 0.220 e. The molecule has 0 aromatic rings. The molecule has 9 heteroatoms. The topological polar surface area (TPSA) is 160 Å². The van der Waals surface area contributed by atoms with Crippen molar-refractivity contribution in [3.63, 3.8) is 0 Å². The van der Waals surface area contributed by atoms with Crippen molar-refractivity contribution in [1.82, 2.24) is 5.32 Å². The third kappa shape index (κ3) is 30.0. The molecule has 0 unspecified atom stereocenters. The first-order valence-corrected chi connectivity index (χ1v) is 25.7. The zero-order valence-electron chi connectivity index (χ0n) is 38.7. The molecule has 1 aliphatic heterocycles. The SMILES string of the molecule is CCCCCCCCCCCCCCCCCCCCCCCCCC(=O)N[C@@H](C[C@H]1O[C@H](CO)[C@H](O)[C@H](O)[C@H]1O)[C@H](O)[C@H](O)CCCCCCCCCCCCCC. The van der Waals surface area contributed by atoms with Crippen molar-refractivity contribution in [3.8, 4) is 0 Å². The van der Waals surface area contributed by atoms with Crippen LogP contribution in [-0.4, -0.2) is 91.9 Å². The predicted octanol–water partition coefficient (Wildman–Crippen LogP) is 10.9. The van der Waals surface area contributed by atoms with Crippen LogP contribution < -0.4 is 5.32 Å². The first kappa shape index (κ1) is 56.2. The van der Waals surface area contributed by atoms with Crippen molar-refractivity contribution in [2.24, 2.45) is 0 Å². The molecule has 8 atom stereocenters. The van der Waals surface area contributed by atoms with E-state index in [-0.39, 0.29) is 12.3 Å². The third-order valence-corrected chi connectivity index (χ3v) is 13.0. The summed E-state index contributed by atoms with van der Waals surface area (Å²) in [6, 6.07) is -0.930. The number of hydrogen-bond acceptors (Lipinski definition) is 8. The van der Waals surface area contributed by atoms with Crippen molar-refractivity contribution < 1.29 is 40.2 Å². The van der Waals surface area contributed by atoms with Crippen molar-refractivity contribution in [1.29, 1.82) is 0 Å². The molecule has 1 aliphatic rings. The molecule has 0 aromatic carbocycles. The maximum absolute atomic E-state index is 13.1. The number of unbranched alkanes of at least 4 members (excludes halogenated alkanes) is 33. The summed E-state index contributed by atoms with van der Waals surface area (Å²) < 4.78 is 5.71. The Hall–Kier alpha value is -0.810. The van der Waals surface area contributed by atoms with Crippen LogP contribution in [0, 0.1) is 0 Å². The van der Waals surface area contributed by atoms with Gasteiger partial charge >= 0.3 is 0 Å². The summed E-state index contributed by atoms with van der Waals surface area (Å²) >= 11 is 0. The molecular formula is C50H99NO8. The number of rotatable bonds is 43. The number of hydrogen-bond donors (Lipinski definition) is 7. The second-order valence-corrected chi connectivity index (χ2v) is 18.5. The normalized spacial score (nSPS) is 21.1. The Kier molecular flexibility index (Phi) is 38.1. The molecule has 0 aliphatic carbocycles. The molecule has 0 spiro atoms. The van der Waals surface area contributed by atoms with Gasteiger partial charge in [-0.1, -0.05) is 232 Å². The van der Waals surface area contributed by atoms with Crippen LogP contribution in [0.1, 0.15) is 258 Å². The molecule has 1 amide bonds. The van der Waals surface area contributed by atoms with Crippen molar-refractivity contribution >= 4 is 5.91 Å². The minimum atomic E-state index is -1.54. The van der Waals surface area contributed by atoms with Crippen LogP contribution >= 0.6 is 0 Å². The Balaban J connectivity index is 2.26. The fourth-order valence-electron chi connectivity index (χ4n) is 8.89. The molecule has 1 fully saturated rings. The predicted molar refractivity (Wildman–Crippen MR) is 245 cm³/mol. The summed E-state index contributed by atoms with van der Waals surface area (Å²) in [5.74, 6) is -0.236. The van der Waals surface area contributed by atoms with Gasteiger partial charge < -0.3 is 40.7 Å². The van der Waals surface area contributed by atoms with Crippen molar-refractivity contribution in [3.05, 3.63) is 0 Å². The van der Waals surface area contributed by atoms with Crippen LogP contribution in [0.5, 0.6) is 0 Å². The summed E-state index contributed by atoms with van der Waals surface area (Å²) in [7, 11) is 0. The number of ether oxygens (including phenoxy) is 1. The van der Waals surface area contributed by atoms with E-state index >= 15 is 0 Å². The zero-order chi connectivity index (χ0) is 43.2. The van der Waals surface area contributed by atoms with Gasteiger partial charge in [-0.05, 0) is 19.3 Å². The van der Waals surface area contributed by atoms with Gasteiger partial charge in [0, 0.05) is 6.42 Å². The number of aliphatic hydroxyl groups excluding tert-OH is 6. The molecule has 59 heavy (non-hydrogen) atoms. The minimum Gasteiger partial charge on any atom is -0.394 e. The van der Waals surface area contributed by atoms with Gasteiger partial charge in [0.2, 0.25) is 5.91 Å². The number of nitrogens with one attached hydrogen (secondary N) is 1. The van der Waals surface area contributed by atoms with E-state index < -0.39 is 55.4 Å². The molecule has 9 nitrogen and oxygen atoms in total. The molecule has 1 saturated heterocycles. The monoisotopic (exact) mass is 842 g/mol. The molecule has 0 saturated carbocycles. The van der Waals surface area contributed by atoms with Crippen LogP contribution in [0.2, 0.25) is 0 Å². The van der Waals surface area contributed by atoms with Gasteiger partial charge in [0.15, 0.2) is 0 Å². The number of carbonyl (C=O) groups excluding carboxylic acids is 1. The first-order valence-electron chi connectivity index (χ1n) is 25.7. The summed E-state index contributed by atoms with van der Waals surface area (Å²) in [6.45, 7) is 3.97. The summed E-state index contributed by atoms with van der Waals surface area (Å²) in [6.07, 6.45) is 36.2. The molecule has 7 N–H and O–H groups in total. The summed E-state index contributed by atoms with van der Waals surface area (Å²) in [4.78, 5) is 13.1. The molecule has 0 aromatic heterocycles. The number of carbonyl (C=O) groups is 1. The number of amides is 1. The molecule has 352 valence electrons. The average molecular weight is 842 g/mol. The van der Waals surface area contributed by atoms with Gasteiger partial charge in [-0.15, -0.1) is 0 Å². The van der Waals surface area contributed by atoms with Gasteiger partial charge in [-0.2, -0.15) is 0 Å². The highest BCUT2D eigenvalue weighted by Gasteiger charge is 2.45. The number of aliphatic hydroxyl groups is 6. The summed E-state index contributed by atoms with van der Waals surface area (Å²) in [5, 5.41) is 66.1. The van der Waals surface area contributed by atoms with E-state index in [9.17, 15) is 35.4 Å². The van der Waals surface area contributed by atoms with Crippen LogP contribution in [0.15, 0.2) is 0 Å². The highest BCUT2D eigenvalue weighted by Crippen LogP contribution is 2.26. The smallest absolute Gasteiger partial charge is 0.220 e. The molecule has 0 bridgehead atoms. The molecular weight excluding hydrogens is 743 g/mol. The Labute approximate surface area is 363 Å². The van der Waals surface area contributed by atoms with Crippen molar-refractivity contribution in [2.75, 3.05) is 6.61 Å². The quantitative estimate of drug-likeness (QED) is 0.0299. The van der Waals surface area contributed by atoms with Crippen molar-refractivity contribution in [2.45, 2.75) is 307 Å². The Morgan fingerprint density at radius 2 is 0.797 bits per heavy atom. The van der Waals surface area contributed by atoms with E-state index in [4.69, 9.17) is 4.74 Å². The molecule has 1 heterocycles. The van der Waals surface area contributed by atoms with Crippen LogP contribution in [0.25, 0.3) is 0 Å². The Morgan fingerprint density at radius 3 is 1.15 bits per heavy atom. The fraction of sp³-hybridized carbons (Fsp3) is 0.980. The Morgan fingerprint density at radius 1 is 0.475 bits per heavy atom. The van der Waals surface area contributed by atoms with Crippen LogP contribution in [0.3, 0.4) is 0 Å². The highest BCUT2D eigenvalue weighted by atomic mass is 16.5. The van der Waals surface area contributed by atoms with E-state index in [0.717, 1.165) is 38.5 Å². The standard InChI is InChI=1S/C50H99NO8/c1-3-5-7-9-11-13-15-17-18-19-20-21-22-23-24-25-26-27-29-31-33-35-37-39-46(54)51-42(40-44-48(56)50(58)49(57)45(41-52)59-44)47(55)43(53)38-36-34-32-30-28-16-14-12-10-8-6-4-2/h42-45,47-50,52-53,55-58H,3-41H2,1-2H3,(H,51,54)/t42-,43+,44+,45+,47-,48-,49-,50+/m0/s1. The van der Waals surface area contributed by atoms with Crippen LogP contribution in [-0.2, 0) is 9.53 Å². The summed E-state index contributed by atoms with van der Waals surface area (Å²) in [5.41, 5.74) is 0. The maximum atomic E-state index is 13.1. The molecule has 1 rings (SSSR count). The minimum absolute atomic E-state index is 0.0801. The van der Waals surface area contributed by atoms with Gasteiger partial charge in [0.1, 0.15) is 30.5 Å². The van der Waals surface area contributed by atoms with E-state index in [1.165, 1.54) is 186 Å². The van der Waals surface area contributed by atoms with Gasteiger partial charge in [-0.25, -0.2) is 0 Å². The highest BCUT2D eigenvalue weighted by molar-refractivity contribution is 5.76. The second-order valence-electron chi connectivity index (χ2n) is 18.5. The van der Waals surface area contributed by atoms with E-state index in [0.29, 0.717) is 12.8 Å². The first-order chi connectivity index (χ1) is 28.8. The second kappa shape index (κ2) is 40.0. The lowest BCUT2D eigenvalue weighted by atomic mass is 9.88. The Bertz CT molecular complexity index is 908. The third-order valence-electron chi connectivity index (χ3n) is 13.0.